The van der Waals surface area contributed by atoms with Crippen LogP contribution in [0.2, 0.25) is 0 Å². The van der Waals surface area contributed by atoms with Crippen LogP contribution >= 0.6 is 0 Å². The van der Waals surface area contributed by atoms with E-state index in [0.29, 0.717) is 35.2 Å². The quantitative estimate of drug-likeness (QED) is 0.728. The Morgan fingerprint density at radius 2 is 1.78 bits per heavy atom. The maximum absolute atomic E-state index is 12.2. The summed E-state index contributed by atoms with van der Waals surface area (Å²) in [5.41, 5.74) is 0.571. The van der Waals surface area contributed by atoms with Crippen molar-refractivity contribution in [2.75, 3.05) is 21.3 Å². The minimum Gasteiger partial charge on any atom is -0.493 e. The van der Waals surface area contributed by atoms with E-state index in [0.717, 1.165) is 12.8 Å². The third-order valence-electron chi connectivity index (χ3n) is 3.18. The first-order valence-corrected chi connectivity index (χ1v) is 6.03. The predicted molar refractivity (Wildman–Crippen MR) is 67.8 cm³/mol. The summed E-state index contributed by atoms with van der Waals surface area (Å²) in [6.07, 6.45) is 2.90. The molecule has 0 amide bonds. The Morgan fingerprint density at radius 1 is 1.11 bits per heavy atom. The second-order valence-electron chi connectivity index (χ2n) is 4.45. The Balaban J connectivity index is 2.36. The van der Waals surface area contributed by atoms with Crippen molar-refractivity contribution in [1.29, 1.82) is 0 Å². The molecule has 0 bridgehead atoms. The largest absolute Gasteiger partial charge is 0.493 e. The number of methoxy groups -OCH3 is 3. The standard InChI is InChI=1S/C14H18O4/c1-16-12-7-6-10(11(15)8-9-4-5-9)13(17-2)14(12)18-3/h6-7,9H,4-5,8H2,1-3H3. The first kappa shape index (κ1) is 12.7. The number of carbonyl (C=O) groups excluding carboxylic acids is 1. The van der Waals surface area contributed by atoms with Gasteiger partial charge in [-0.1, -0.05) is 0 Å². The summed E-state index contributed by atoms with van der Waals surface area (Å²) < 4.78 is 15.8. The van der Waals surface area contributed by atoms with E-state index in [1.54, 1.807) is 19.2 Å². The Hall–Kier alpha value is -1.71. The fourth-order valence-electron chi connectivity index (χ4n) is 2.01. The van der Waals surface area contributed by atoms with Gasteiger partial charge in [-0.3, -0.25) is 4.79 Å². The molecule has 0 heterocycles. The maximum atomic E-state index is 12.2. The molecular weight excluding hydrogens is 232 g/mol. The molecule has 1 fully saturated rings. The lowest BCUT2D eigenvalue weighted by Crippen LogP contribution is -2.05. The highest BCUT2D eigenvalue weighted by Crippen LogP contribution is 2.41. The smallest absolute Gasteiger partial charge is 0.204 e. The van der Waals surface area contributed by atoms with Gasteiger partial charge in [-0.2, -0.15) is 0 Å². The fourth-order valence-corrected chi connectivity index (χ4v) is 2.01. The molecule has 0 radical (unpaired) electrons. The topological polar surface area (TPSA) is 44.8 Å². The van der Waals surface area contributed by atoms with Crippen molar-refractivity contribution in [3.8, 4) is 17.2 Å². The highest BCUT2D eigenvalue weighted by molar-refractivity contribution is 6.00. The first-order chi connectivity index (χ1) is 8.71. The van der Waals surface area contributed by atoms with E-state index >= 15 is 0 Å². The number of hydrogen-bond donors (Lipinski definition) is 0. The van der Waals surface area contributed by atoms with Gasteiger partial charge >= 0.3 is 0 Å². The zero-order valence-corrected chi connectivity index (χ0v) is 11.0. The number of ketones is 1. The van der Waals surface area contributed by atoms with Crippen LogP contribution in [-0.2, 0) is 0 Å². The second kappa shape index (κ2) is 5.29. The summed E-state index contributed by atoms with van der Waals surface area (Å²) in [6.45, 7) is 0. The predicted octanol–water partition coefficient (Wildman–Crippen LogP) is 2.70. The van der Waals surface area contributed by atoms with Crippen LogP contribution in [0.3, 0.4) is 0 Å². The second-order valence-corrected chi connectivity index (χ2v) is 4.45. The SMILES string of the molecule is COc1ccc(C(=O)CC2CC2)c(OC)c1OC. The molecule has 98 valence electrons. The molecule has 0 spiro atoms. The number of benzene rings is 1. The Labute approximate surface area is 107 Å². The molecule has 1 aromatic rings. The van der Waals surface area contributed by atoms with Gasteiger partial charge < -0.3 is 14.2 Å². The molecule has 4 heteroatoms. The van der Waals surface area contributed by atoms with E-state index in [2.05, 4.69) is 0 Å². The molecule has 0 atom stereocenters. The van der Waals surface area contributed by atoms with E-state index in [9.17, 15) is 4.79 Å². The monoisotopic (exact) mass is 250 g/mol. The van der Waals surface area contributed by atoms with Crippen LogP contribution < -0.4 is 14.2 Å². The molecule has 0 aromatic heterocycles. The molecule has 18 heavy (non-hydrogen) atoms. The van der Waals surface area contributed by atoms with Gasteiger partial charge in [0.15, 0.2) is 17.3 Å². The number of hydrogen-bond acceptors (Lipinski definition) is 4. The summed E-state index contributed by atoms with van der Waals surface area (Å²) in [5, 5.41) is 0. The van der Waals surface area contributed by atoms with Crippen LogP contribution in [-0.4, -0.2) is 27.1 Å². The molecule has 1 aliphatic rings. The van der Waals surface area contributed by atoms with Crippen LogP contribution in [0, 0.1) is 5.92 Å². The van der Waals surface area contributed by atoms with E-state index < -0.39 is 0 Å². The Bertz CT molecular complexity index is 449. The molecule has 0 N–H and O–H groups in total. The highest BCUT2D eigenvalue weighted by atomic mass is 16.5. The van der Waals surface area contributed by atoms with Crippen molar-refractivity contribution < 1.29 is 19.0 Å². The van der Waals surface area contributed by atoms with E-state index in [-0.39, 0.29) is 5.78 Å². The maximum Gasteiger partial charge on any atom is 0.204 e. The lowest BCUT2D eigenvalue weighted by molar-refractivity contribution is 0.0972. The van der Waals surface area contributed by atoms with Crippen LogP contribution in [0.25, 0.3) is 0 Å². The molecule has 1 saturated carbocycles. The van der Waals surface area contributed by atoms with Crippen molar-refractivity contribution in [3.63, 3.8) is 0 Å². The third-order valence-corrected chi connectivity index (χ3v) is 3.18. The molecule has 0 unspecified atom stereocenters. The minimum absolute atomic E-state index is 0.107. The number of carbonyl (C=O) groups is 1. The molecule has 1 aliphatic carbocycles. The minimum atomic E-state index is 0.107. The molecule has 0 aliphatic heterocycles. The molecule has 2 rings (SSSR count). The Morgan fingerprint density at radius 3 is 2.28 bits per heavy atom. The first-order valence-electron chi connectivity index (χ1n) is 6.03. The average Bonchev–Trinajstić information content (AvgIpc) is 3.20. The molecule has 0 saturated heterocycles. The van der Waals surface area contributed by atoms with Crippen molar-refractivity contribution in [3.05, 3.63) is 17.7 Å². The lowest BCUT2D eigenvalue weighted by atomic mass is 10.0. The van der Waals surface area contributed by atoms with E-state index in [4.69, 9.17) is 14.2 Å². The normalized spacial score (nSPS) is 14.2. The van der Waals surface area contributed by atoms with Gasteiger partial charge in [-0.05, 0) is 30.9 Å². The highest BCUT2D eigenvalue weighted by Gasteiger charge is 2.27. The van der Waals surface area contributed by atoms with Gasteiger partial charge in [0, 0.05) is 6.42 Å². The van der Waals surface area contributed by atoms with Gasteiger partial charge in [0.2, 0.25) is 5.75 Å². The van der Waals surface area contributed by atoms with Gasteiger partial charge in [-0.25, -0.2) is 0 Å². The summed E-state index contributed by atoms with van der Waals surface area (Å²) >= 11 is 0. The zero-order chi connectivity index (χ0) is 13.1. The molecule has 4 nitrogen and oxygen atoms in total. The van der Waals surface area contributed by atoms with Gasteiger partial charge in [-0.15, -0.1) is 0 Å². The summed E-state index contributed by atoms with van der Waals surface area (Å²) in [6, 6.07) is 3.48. The average molecular weight is 250 g/mol. The van der Waals surface area contributed by atoms with Gasteiger partial charge in [0.1, 0.15) is 0 Å². The van der Waals surface area contributed by atoms with Gasteiger partial charge in [0.05, 0.1) is 26.9 Å². The van der Waals surface area contributed by atoms with Crippen molar-refractivity contribution >= 4 is 5.78 Å². The molecular formula is C14H18O4. The summed E-state index contributed by atoms with van der Waals surface area (Å²) in [5.74, 6) is 2.16. The van der Waals surface area contributed by atoms with E-state index in [1.165, 1.54) is 14.2 Å². The van der Waals surface area contributed by atoms with Crippen molar-refractivity contribution in [2.24, 2.45) is 5.92 Å². The summed E-state index contributed by atoms with van der Waals surface area (Å²) in [4.78, 5) is 12.2. The van der Waals surface area contributed by atoms with Gasteiger partial charge in [0.25, 0.3) is 0 Å². The van der Waals surface area contributed by atoms with Crippen LogP contribution in [0.15, 0.2) is 12.1 Å². The number of ether oxygens (including phenoxy) is 3. The summed E-state index contributed by atoms with van der Waals surface area (Å²) in [7, 11) is 4.63. The van der Waals surface area contributed by atoms with Crippen molar-refractivity contribution in [1.82, 2.24) is 0 Å². The lowest BCUT2D eigenvalue weighted by Gasteiger charge is -2.15. The molecule has 1 aromatic carbocycles. The third kappa shape index (κ3) is 2.42. The van der Waals surface area contributed by atoms with Crippen LogP contribution in [0.1, 0.15) is 29.6 Å². The Kier molecular flexibility index (Phi) is 3.75. The van der Waals surface area contributed by atoms with Crippen LogP contribution in [0.4, 0.5) is 0 Å². The fraction of sp³-hybridized carbons (Fsp3) is 0.500. The number of rotatable bonds is 6. The van der Waals surface area contributed by atoms with Crippen LogP contribution in [0.5, 0.6) is 17.2 Å². The van der Waals surface area contributed by atoms with E-state index in [1.807, 2.05) is 0 Å². The van der Waals surface area contributed by atoms with Crippen molar-refractivity contribution in [2.45, 2.75) is 19.3 Å². The zero-order valence-electron chi connectivity index (χ0n) is 11.0. The number of Topliss-reactive ketones (excluding diaryl/α,β-unsaturated/α-hetero) is 1.